The number of ether oxygens (including phenoxy) is 2. The van der Waals surface area contributed by atoms with Gasteiger partial charge in [0.15, 0.2) is 5.96 Å². The zero-order chi connectivity index (χ0) is 21.2. The Kier molecular flexibility index (Phi) is 11.2. The van der Waals surface area contributed by atoms with Crippen LogP contribution in [0.1, 0.15) is 18.4 Å². The highest BCUT2D eigenvalue weighted by Crippen LogP contribution is 2.25. The second-order valence-corrected chi connectivity index (χ2v) is 7.55. The van der Waals surface area contributed by atoms with Gasteiger partial charge in [0.25, 0.3) is 0 Å². The lowest BCUT2D eigenvalue weighted by atomic mass is 10.2. The summed E-state index contributed by atoms with van der Waals surface area (Å²) in [6.45, 7) is 3.86. The molecule has 2 N–H and O–H groups in total. The van der Waals surface area contributed by atoms with Crippen molar-refractivity contribution in [1.82, 2.24) is 15.6 Å². The van der Waals surface area contributed by atoms with Crippen molar-refractivity contribution in [2.45, 2.75) is 25.5 Å². The maximum absolute atomic E-state index is 6.27. The fourth-order valence-corrected chi connectivity index (χ4v) is 3.60. The molecule has 31 heavy (non-hydrogen) atoms. The zero-order valence-corrected chi connectivity index (χ0v) is 21.1. The van der Waals surface area contributed by atoms with Gasteiger partial charge in [-0.25, -0.2) is 4.98 Å². The number of benzene rings is 1. The Labute approximate surface area is 206 Å². The van der Waals surface area contributed by atoms with Crippen LogP contribution in [0.15, 0.2) is 47.6 Å². The highest BCUT2D eigenvalue weighted by atomic mass is 127. The minimum absolute atomic E-state index is 0. The standard InChI is InChI=1S/C22H30ClN5O2.HI/c1-24-22(26-12-4-14-30-16-17-6-8-19(29-2)9-7-17)27-18-10-13-28(15-18)21-20(23)5-3-11-25-21;/h3,5-9,11,18H,4,10,12-16H2,1-2H3,(H2,24,26,27);1H. The van der Waals surface area contributed by atoms with Gasteiger partial charge in [0.1, 0.15) is 11.6 Å². The highest BCUT2D eigenvalue weighted by molar-refractivity contribution is 14.0. The smallest absolute Gasteiger partial charge is 0.191 e. The summed E-state index contributed by atoms with van der Waals surface area (Å²) < 4.78 is 10.9. The van der Waals surface area contributed by atoms with Crippen molar-refractivity contribution < 1.29 is 9.47 Å². The fraction of sp³-hybridized carbons (Fsp3) is 0.455. The molecule has 0 aliphatic carbocycles. The topological polar surface area (TPSA) is 71.0 Å². The number of methoxy groups -OCH3 is 1. The Morgan fingerprint density at radius 2 is 2.10 bits per heavy atom. The van der Waals surface area contributed by atoms with Gasteiger partial charge >= 0.3 is 0 Å². The predicted molar refractivity (Wildman–Crippen MR) is 137 cm³/mol. The number of rotatable bonds is 9. The van der Waals surface area contributed by atoms with Crippen LogP contribution >= 0.6 is 35.6 Å². The number of anilines is 1. The van der Waals surface area contributed by atoms with Crippen molar-refractivity contribution in [2.75, 3.05) is 45.3 Å². The highest BCUT2D eigenvalue weighted by Gasteiger charge is 2.25. The molecule has 9 heteroatoms. The summed E-state index contributed by atoms with van der Waals surface area (Å²) in [6.07, 6.45) is 3.69. The van der Waals surface area contributed by atoms with E-state index >= 15 is 0 Å². The van der Waals surface area contributed by atoms with E-state index in [1.165, 1.54) is 0 Å². The molecular weight excluding hydrogens is 529 g/mol. The summed E-state index contributed by atoms with van der Waals surface area (Å²) in [4.78, 5) is 10.9. The predicted octanol–water partition coefficient (Wildman–Crippen LogP) is 3.71. The number of aliphatic imine (C=N–C) groups is 1. The largest absolute Gasteiger partial charge is 0.497 e. The van der Waals surface area contributed by atoms with Crippen LogP contribution in [-0.2, 0) is 11.3 Å². The van der Waals surface area contributed by atoms with E-state index < -0.39 is 0 Å². The van der Waals surface area contributed by atoms with E-state index in [2.05, 4.69) is 25.5 Å². The first-order valence-corrected chi connectivity index (χ1v) is 10.6. The maximum atomic E-state index is 6.27. The molecule has 0 bridgehead atoms. The van der Waals surface area contributed by atoms with Gasteiger partial charge in [0.2, 0.25) is 0 Å². The van der Waals surface area contributed by atoms with Crippen LogP contribution < -0.4 is 20.3 Å². The lowest BCUT2D eigenvalue weighted by molar-refractivity contribution is 0.119. The van der Waals surface area contributed by atoms with E-state index in [9.17, 15) is 0 Å². The van der Waals surface area contributed by atoms with Gasteiger partial charge in [-0.1, -0.05) is 23.7 Å². The number of hydrogen-bond donors (Lipinski definition) is 2. The summed E-state index contributed by atoms with van der Waals surface area (Å²) in [5.41, 5.74) is 1.14. The van der Waals surface area contributed by atoms with Crippen LogP contribution in [0.4, 0.5) is 5.82 Å². The number of guanidine groups is 1. The number of pyridine rings is 1. The van der Waals surface area contributed by atoms with Crippen LogP contribution in [0.2, 0.25) is 5.02 Å². The molecule has 1 aromatic carbocycles. The Morgan fingerprint density at radius 1 is 1.29 bits per heavy atom. The number of hydrogen-bond acceptors (Lipinski definition) is 5. The molecule has 7 nitrogen and oxygen atoms in total. The van der Waals surface area contributed by atoms with Gasteiger partial charge in [0, 0.05) is 45.5 Å². The molecule has 1 atom stereocenters. The Morgan fingerprint density at radius 3 is 2.81 bits per heavy atom. The molecule has 1 saturated heterocycles. The maximum Gasteiger partial charge on any atom is 0.191 e. The van der Waals surface area contributed by atoms with Gasteiger partial charge in [-0.3, -0.25) is 4.99 Å². The molecule has 1 aromatic heterocycles. The molecule has 0 amide bonds. The first kappa shape index (κ1) is 25.5. The molecule has 1 aliphatic rings. The SMILES string of the molecule is CN=C(NCCCOCc1ccc(OC)cc1)NC1CCN(c2ncccc2Cl)C1.I. The fourth-order valence-electron chi connectivity index (χ4n) is 3.36. The lowest BCUT2D eigenvalue weighted by Crippen LogP contribution is -2.45. The quantitative estimate of drug-likeness (QED) is 0.211. The second kappa shape index (κ2) is 13.6. The minimum Gasteiger partial charge on any atom is -0.497 e. The van der Waals surface area contributed by atoms with Gasteiger partial charge in [-0.2, -0.15) is 0 Å². The average Bonchev–Trinajstić information content (AvgIpc) is 3.24. The number of halogens is 2. The van der Waals surface area contributed by atoms with Gasteiger partial charge < -0.3 is 25.0 Å². The van der Waals surface area contributed by atoms with Crippen molar-refractivity contribution in [3.63, 3.8) is 0 Å². The summed E-state index contributed by atoms with van der Waals surface area (Å²) in [5, 5.41) is 7.53. The number of aromatic nitrogens is 1. The molecule has 3 rings (SSSR count). The van der Waals surface area contributed by atoms with Gasteiger partial charge in [-0.05, 0) is 42.7 Å². The van der Waals surface area contributed by atoms with E-state index in [-0.39, 0.29) is 24.0 Å². The van der Waals surface area contributed by atoms with Gasteiger partial charge in [0.05, 0.1) is 18.7 Å². The molecule has 2 aromatic rings. The zero-order valence-electron chi connectivity index (χ0n) is 18.0. The number of nitrogens with one attached hydrogen (secondary N) is 2. The molecule has 0 saturated carbocycles. The van der Waals surface area contributed by atoms with E-state index in [0.29, 0.717) is 24.3 Å². The third-order valence-electron chi connectivity index (χ3n) is 4.98. The van der Waals surface area contributed by atoms with Crippen molar-refractivity contribution in [1.29, 1.82) is 0 Å². The van der Waals surface area contributed by atoms with Gasteiger partial charge in [-0.15, -0.1) is 24.0 Å². The molecule has 1 unspecified atom stereocenters. The number of nitrogens with zero attached hydrogens (tertiary/aromatic N) is 3. The molecule has 1 aliphatic heterocycles. The Bertz CT molecular complexity index is 822. The molecule has 2 heterocycles. The summed E-state index contributed by atoms with van der Waals surface area (Å²) in [6, 6.07) is 12.0. The van der Waals surface area contributed by atoms with E-state index in [4.69, 9.17) is 21.1 Å². The van der Waals surface area contributed by atoms with Crippen LogP contribution in [0.5, 0.6) is 5.75 Å². The van der Waals surface area contributed by atoms with Crippen molar-refractivity contribution in [2.24, 2.45) is 4.99 Å². The summed E-state index contributed by atoms with van der Waals surface area (Å²) in [7, 11) is 3.46. The normalized spacial score (nSPS) is 16.0. The summed E-state index contributed by atoms with van der Waals surface area (Å²) in [5.74, 6) is 2.51. The third-order valence-corrected chi connectivity index (χ3v) is 5.27. The Hall–Kier alpha value is -1.78. The van der Waals surface area contributed by atoms with E-state index in [0.717, 1.165) is 55.6 Å². The molecule has 1 fully saturated rings. The molecule has 0 radical (unpaired) electrons. The van der Waals surface area contributed by atoms with Crippen LogP contribution in [0, 0.1) is 0 Å². The monoisotopic (exact) mass is 559 g/mol. The van der Waals surface area contributed by atoms with Crippen LogP contribution in [-0.4, -0.2) is 57.4 Å². The van der Waals surface area contributed by atoms with Crippen LogP contribution in [0.25, 0.3) is 0 Å². The van der Waals surface area contributed by atoms with Crippen molar-refractivity contribution in [3.05, 3.63) is 53.2 Å². The van der Waals surface area contributed by atoms with E-state index in [1.807, 2.05) is 36.4 Å². The molecule has 0 spiro atoms. The van der Waals surface area contributed by atoms with Crippen molar-refractivity contribution in [3.8, 4) is 5.75 Å². The Balaban J connectivity index is 0.00000341. The summed E-state index contributed by atoms with van der Waals surface area (Å²) >= 11 is 6.27. The second-order valence-electron chi connectivity index (χ2n) is 7.14. The van der Waals surface area contributed by atoms with E-state index in [1.54, 1.807) is 20.4 Å². The van der Waals surface area contributed by atoms with Crippen molar-refractivity contribution >= 4 is 47.4 Å². The minimum atomic E-state index is 0. The van der Waals surface area contributed by atoms with Crippen LogP contribution in [0.3, 0.4) is 0 Å². The first-order chi connectivity index (χ1) is 14.7. The lowest BCUT2D eigenvalue weighted by Gasteiger charge is -2.20. The first-order valence-electron chi connectivity index (χ1n) is 10.2. The third kappa shape index (κ3) is 8.01. The molecular formula is C22H31ClIN5O2. The average molecular weight is 560 g/mol. The molecule has 170 valence electrons.